The minimum atomic E-state index is 0. The predicted octanol–water partition coefficient (Wildman–Crippen LogP) is 6.32. The molecule has 0 aliphatic carbocycles. The molecule has 0 aromatic carbocycles. The van der Waals surface area contributed by atoms with Crippen molar-refractivity contribution in [2.45, 2.75) is 27.7 Å². The van der Waals surface area contributed by atoms with E-state index in [4.69, 9.17) is 0 Å². The van der Waals surface area contributed by atoms with Crippen molar-refractivity contribution in [2.24, 2.45) is 0 Å². The van der Waals surface area contributed by atoms with Gasteiger partial charge in [-0.15, -0.1) is 19.0 Å². The van der Waals surface area contributed by atoms with Crippen LogP contribution in [0.25, 0.3) is 5.32 Å². The first-order valence-corrected chi connectivity index (χ1v) is 12.7. The minimum Gasteiger partial charge on any atom is -0.663 e. The van der Waals surface area contributed by atoms with Crippen LogP contribution in [-0.4, -0.2) is 30.9 Å². The molecule has 0 bridgehead atoms. The van der Waals surface area contributed by atoms with Gasteiger partial charge in [-0.2, -0.15) is 6.20 Å². The first kappa shape index (κ1) is 27.2. The van der Waals surface area contributed by atoms with Crippen LogP contribution in [0.2, 0.25) is 0 Å². The number of rotatable bonds is 4. The van der Waals surface area contributed by atoms with Crippen molar-refractivity contribution < 1.29 is 17.1 Å². The van der Waals surface area contributed by atoms with Crippen LogP contribution in [0.3, 0.4) is 0 Å². The molecule has 1 radical (unpaired) electrons. The molecule has 4 aliphatic heterocycles. The molecule has 0 saturated heterocycles. The summed E-state index contributed by atoms with van der Waals surface area (Å²) in [6, 6.07) is 0. The van der Waals surface area contributed by atoms with E-state index in [-0.39, 0.29) is 17.1 Å². The summed E-state index contributed by atoms with van der Waals surface area (Å²) >= 11 is 3.40. The van der Waals surface area contributed by atoms with Crippen LogP contribution in [0.1, 0.15) is 27.7 Å². The molecular weight excluding hydrogens is 492 g/mol. The summed E-state index contributed by atoms with van der Waals surface area (Å²) in [7, 11) is 0. The van der Waals surface area contributed by atoms with E-state index in [1.165, 1.54) is 22.8 Å². The Balaban J connectivity index is 0.000000227. The molecule has 177 valence electrons. The summed E-state index contributed by atoms with van der Waals surface area (Å²) in [6.07, 6.45) is 24.0. The SMILES string of the molecule is CSN1[CH-]N(/C=C2/C=CC=CN2)C(C)=C1C.CSN1[CH-]N(/C=C2/C=CC=C[N-]2)C(C)=C1C.[Fe+3]. The van der Waals surface area contributed by atoms with Gasteiger partial charge in [0.05, 0.1) is 5.70 Å². The van der Waals surface area contributed by atoms with E-state index in [9.17, 15) is 0 Å². The molecule has 0 aromatic rings. The molecule has 4 aliphatic rings. The molecule has 0 fully saturated rings. The molecule has 0 spiro atoms. The Hall–Kier alpha value is -2.06. The van der Waals surface area contributed by atoms with Gasteiger partial charge in [0.1, 0.15) is 0 Å². The molecule has 6 nitrogen and oxygen atoms in total. The van der Waals surface area contributed by atoms with E-state index in [2.05, 4.69) is 94.9 Å². The van der Waals surface area contributed by atoms with Gasteiger partial charge in [-0.25, -0.2) is 0 Å². The molecule has 0 aromatic heterocycles. The fourth-order valence-electron chi connectivity index (χ4n) is 3.13. The molecular formula is C24H31FeN6S2. The number of hydrogen-bond acceptors (Lipinski definition) is 7. The van der Waals surface area contributed by atoms with E-state index >= 15 is 0 Å². The second-order valence-electron chi connectivity index (χ2n) is 7.23. The fourth-order valence-corrected chi connectivity index (χ4v) is 4.33. The van der Waals surface area contributed by atoms with Gasteiger partial charge < -0.3 is 29.0 Å². The summed E-state index contributed by atoms with van der Waals surface area (Å²) in [5, 5.41) is 7.49. The predicted molar refractivity (Wildman–Crippen MR) is 139 cm³/mol. The summed E-state index contributed by atoms with van der Waals surface area (Å²) in [5.74, 6) is 0. The maximum Gasteiger partial charge on any atom is 3.00 e. The quantitative estimate of drug-likeness (QED) is 0.263. The van der Waals surface area contributed by atoms with Gasteiger partial charge in [0.2, 0.25) is 0 Å². The van der Waals surface area contributed by atoms with Gasteiger partial charge in [-0.1, -0.05) is 48.2 Å². The Labute approximate surface area is 218 Å². The molecule has 0 atom stereocenters. The van der Waals surface area contributed by atoms with Crippen LogP contribution in [0.4, 0.5) is 0 Å². The Morgan fingerprint density at radius 3 is 1.82 bits per heavy atom. The van der Waals surface area contributed by atoms with Crippen molar-refractivity contribution in [3.05, 3.63) is 114 Å². The van der Waals surface area contributed by atoms with Gasteiger partial charge in [0, 0.05) is 29.0 Å². The second kappa shape index (κ2) is 13.0. The van der Waals surface area contributed by atoms with Crippen LogP contribution in [0.15, 0.2) is 95.4 Å². The number of nitrogens with zero attached hydrogens (tertiary/aromatic N) is 5. The van der Waals surface area contributed by atoms with Crippen molar-refractivity contribution in [3.63, 3.8) is 0 Å². The maximum atomic E-state index is 4.29. The summed E-state index contributed by atoms with van der Waals surface area (Å²) in [5.41, 5.74) is 7.09. The smallest absolute Gasteiger partial charge is 0.663 e. The van der Waals surface area contributed by atoms with Gasteiger partial charge >= 0.3 is 17.1 Å². The van der Waals surface area contributed by atoms with Crippen LogP contribution >= 0.6 is 23.9 Å². The molecule has 4 rings (SSSR count). The van der Waals surface area contributed by atoms with Crippen molar-refractivity contribution in [2.75, 3.05) is 12.5 Å². The third-order valence-corrected chi connectivity index (χ3v) is 6.83. The molecule has 0 unspecified atom stereocenters. The first-order chi connectivity index (χ1) is 15.4. The molecule has 0 saturated carbocycles. The summed E-state index contributed by atoms with van der Waals surface area (Å²) in [4.78, 5) is 4.24. The average Bonchev–Trinajstić information content (AvgIpc) is 3.25. The number of dihydropyridines is 1. The molecule has 4 heterocycles. The number of allylic oxidation sites excluding steroid dienone is 10. The molecule has 9 heteroatoms. The normalized spacial score (nSPS) is 21.6. The van der Waals surface area contributed by atoms with Gasteiger partial charge in [-0.05, 0) is 64.8 Å². The van der Waals surface area contributed by atoms with Gasteiger partial charge in [0.25, 0.3) is 0 Å². The first-order valence-electron chi connectivity index (χ1n) is 10.3. The Morgan fingerprint density at radius 1 is 0.788 bits per heavy atom. The zero-order valence-electron chi connectivity index (χ0n) is 19.8. The second-order valence-corrected chi connectivity index (χ2v) is 8.75. The van der Waals surface area contributed by atoms with Crippen LogP contribution < -0.4 is 5.32 Å². The van der Waals surface area contributed by atoms with Crippen molar-refractivity contribution in [1.82, 2.24) is 23.7 Å². The Bertz CT molecular complexity index is 869. The number of nitrogens with one attached hydrogen (secondary N) is 1. The van der Waals surface area contributed by atoms with Gasteiger partial charge in [-0.3, -0.25) is 0 Å². The fraction of sp³-hybridized carbons (Fsp3) is 0.250. The standard InChI is InChI=1S/C12H16N3S.C12H15N3S.Fe/c2*1-10-11(2)15(16-3)9-14(10)8-12-6-4-5-7-13-12;/h4-9,13H,1-3H3;4-9H,1-3H3;/q-1;-2;+3/b2*12-8-;. The minimum absolute atomic E-state index is 0. The van der Waals surface area contributed by atoms with Crippen LogP contribution in [0, 0.1) is 13.3 Å². The Morgan fingerprint density at radius 2 is 1.36 bits per heavy atom. The number of hydrogen-bond donors (Lipinski definition) is 1. The van der Waals surface area contributed by atoms with Crippen molar-refractivity contribution >= 4 is 23.9 Å². The third kappa shape index (κ3) is 6.96. The van der Waals surface area contributed by atoms with Gasteiger partial charge in [0.15, 0.2) is 0 Å². The van der Waals surface area contributed by atoms with E-state index in [1.54, 1.807) is 30.1 Å². The zero-order valence-corrected chi connectivity index (χ0v) is 22.6. The topological polar surface area (TPSA) is 39.1 Å². The van der Waals surface area contributed by atoms with E-state index < -0.39 is 0 Å². The molecule has 1 N–H and O–H groups in total. The Kier molecular flexibility index (Phi) is 10.7. The van der Waals surface area contributed by atoms with Crippen molar-refractivity contribution in [3.8, 4) is 0 Å². The van der Waals surface area contributed by atoms with Crippen molar-refractivity contribution in [1.29, 1.82) is 0 Å². The monoisotopic (exact) mass is 523 g/mol. The summed E-state index contributed by atoms with van der Waals surface area (Å²) in [6.45, 7) is 12.7. The van der Waals surface area contributed by atoms with Crippen LogP contribution in [0.5, 0.6) is 0 Å². The van der Waals surface area contributed by atoms with Crippen LogP contribution in [-0.2, 0) is 17.1 Å². The maximum absolute atomic E-state index is 4.29. The zero-order chi connectivity index (χ0) is 23.1. The van der Waals surface area contributed by atoms with E-state index in [0.29, 0.717) is 0 Å². The largest absolute Gasteiger partial charge is 3.00 e. The average molecular weight is 524 g/mol. The molecule has 33 heavy (non-hydrogen) atoms. The van der Waals surface area contributed by atoms with E-state index in [1.807, 2.05) is 42.8 Å². The summed E-state index contributed by atoms with van der Waals surface area (Å²) < 4.78 is 4.31. The van der Waals surface area contributed by atoms with E-state index in [0.717, 1.165) is 11.4 Å². The molecule has 0 amide bonds. The third-order valence-electron chi connectivity index (χ3n) is 5.31.